The van der Waals surface area contributed by atoms with Crippen molar-refractivity contribution in [2.24, 2.45) is 0 Å². The number of hydrogen-bond acceptors (Lipinski definition) is 6. The van der Waals surface area contributed by atoms with Crippen LogP contribution in [0.25, 0.3) is 11.5 Å². The highest BCUT2D eigenvalue weighted by Crippen LogP contribution is 2.45. The molecule has 6 aromatic rings. The maximum atomic E-state index is 13.4. The fourth-order valence-electron chi connectivity index (χ4n) is 6.61. The van der Waals surface area contributed by atoms with E-state index in [4.69, 9.17) is 9.47 Å². The summed E-state index contributed by atoms with van der Waals surface area (Å²) in [6.07, 6.45) is 0. The smallest absolute Gasteiger partial charge is 0.348 e. The van der Waals surface area contributed by atoms with Crippen LogP contribution in [0.2, 0.25) is 0 Å². The topological polar surface area (TPSA) is 59.1 Å². The van der Waals surface area contributed by atoms with E-state index in [2.05, 4.69) is 135 Å². The van der Waals surface area contributed by atoms with Crippen LogP contribution >= 0.6 is 0 Å². The molecule has 2 aliphatic heterocycles. The Morgan fingerprint density at radius 3 is 0.769 bits per heavy atom. The average molecular weight is 681 g/mol. The van der Waals surface area contributed by atoms with Crippen molar-refractivity contribution in [2.45, 2.75) is 27.7 Å². The standard InChI is InChI=1S/C46H36N2O4/c1-29-5-17-35(18-6-29)47(36-19-7-30(2)8-20-36)39-25-13-33(14-26-39)43-41-42(46(50)51-43)44(52-45(41)49)34-15-27-40(28-16-34)48(37-21-9-31(3)10-22-37)38-23-11-32(4)12-24-38/h5-28H,1-4H3. The van der Waals surface area contributed by atoms with Gasteiger partial charge in [0.1, 0.15) is 11.1 Å². The van der Waals surface area contributed by atoms with Gasteiger partial charge in [-0.05, 0) is 125 Å². The molecule has 52 heavy (non-hydrogen) atoms. The van der Waals surface area contributed by atoms with Crippen LogP contribution in [0.3, 0.4) is 0 Å². The van der Waals surface area contributed by atoms with Crippen LogP contribution in [0.5, 0.6) is 0 Å². The van der Waals surface area contributed by atoms with E-state index in [1.54, 1.807) is 0 Å². The van der Waals surface area contributed by atoms with E-state index < -0.39 is 11.9 Å². The molecule has 0 fully saturated rings. The molecule has 6 heteroatoms. The molecule has 6 aromatic carbocycles. The van der Waals surface area contributed by atoms with Gasteiger partial charge in [0.25, 0.3) is 0 Å². The molecule has 0 unspecified atom stereocenters. The Morgan fingerprint density at radius 2 is 0.538 bits per heavy atom. The first-order valence-electron chi connectivity index (χ1n) is 17.2. The van der Waals surface area contributed by atoms with E-state index in [1.807, 2.05) is 48.5 Å². The maximum absolute atomic E-state index is 13.4. The summed E-state index contributed by atoms with van der Waals surface area (Å²) in [7, 11) is 0. The van der Waals surface area contributed by atoms with Gasteiger partial charge in [0, 0.05) is 45.3 Å². The maximum Gasteiger partial charge on any atom is 0.348 e. The second kappa shape index (κ2) is 13.2. The van der Waals surface area contributed by atoms with Crippen molar-refractivity contribution in [2.75, 3.05) is 9.80 Å². The predicted octanol–water partition coefficient (Wildman–Crippen LogP) is 11.1. The zero-order valence-corrected chi connectivity index (χ0v) is 29.4. The van der Waals surface area contributed by atoms with Crippen LogP contribution < -0.4 is 9.80 Å². The molecule has 254 valence electrons. The molecule has 0 amide bonds. The summed E-state index contributed by atoms with van der Waals surface area (Å²) in [5.41, 5.74) is 12.1. The Kier molecular flexibility index (Phi) is 8.28. The molecule has 2 aliphatic rings. The van der Waals surface area contributed by atoms with Crippen molar-refractivity contribution in [3.8, 4) is 0 Å². The number of esters is 2. The van der Waals surface area contributed by atoms with E-state index in [0.717, 1.165) is 34.1 Å². The second-order valence-corrected chi connectivity index (χ2v) is 13.3. The van der Waals surface area contributed by atoms with Crippen LogP contribution in [-0.4, -0.2) is 11.9 Å². The van der Waals surface area contributed by atoms with Gasteiger partial charge in [0.15, 0.2) is 11.5 Å². The van der Waals surface area contributed by atoms with E-state index >= 15 is 0 Å². The third kappa shape index (κ3) is 6.05. The minimum atomic E-state index is -0.610. The number of hydrogen-bond donors (Lipinski definition) is 0. The van der Waals surface area contributed by atoms with Crippen molar-refractivity contribution >= 4 is 57.6 Å². The summed E-state index contributed by atoms with van der Waals surface area (Å²) in [6, 6.07) is 48.8. The molecule has 0 aromatic heterocycles. The quantitative estimate of drug-likeness (QED) is 0.149. The number of benzene rings is 6. The molecule has 2 heterocycles. The largest absolute Gasteiger partial charge is 0.421 e. The highest BCUT2D eigenvalue weighted by atomic mass is 16.6. The van der Waals surface area contributed by atoms with Gasteiger partial charge in [-0.3, -0.25) is 0 Å². The number of carbonyl (C=O) groups excluding carboxylic acids is 2. The Labute approximate surface area is 303 Å². The highest BCUT2D eigenvalue weighted by Gasteiger charge is 2.45. The number of cyclic esters (lactones) is 2. The average Bonchev–Trinajstić information content (AvgIpc) is 3.69. The molecule has 0 saturated heterocycles. The molecule has 8 rings (SSSR count). The van der Waals surface area contributed by atoms with Gasteiger partial charge < -0.3 is 19.3 Å². The molecule has 0 aliphatic carbocycles. The fourth-order valence-corrected chi connectivity index (χ4v) is 6.61. The van der Waals surface area contributed by atoms with Crippen LogP contribution in [-0.2, 0) is 19.1 Å². The van der Waals surface area contributed by atoms with E-state index in [1.165, 1.54) is 22.3 Å². The van der Waals surface area contributed by atoms with Crippen LogP contribution in [0.4, 0.5) is 34.1 Å². The lowest BCUT2D eigenvalue weighted by atomic mass is 10.0. The molecule has 0 bridgehead atoms. The van der Waals surface area contributed by atoms with E-state index in [9.17, 15) is 9.59 Å². The molecule has 0 atom stereocenters. The van der Waals surface area contributed by atoms with Crippen LogP contribution in [0, 0.1) is 27.7 Å². The van der Waals surface area contributed by atoms with Crippen LogP contribution in [0.15, 0.2) is 157 Å². The van der Waals surface area contributed by atoms with E-state index in [0.29, 0.717) is 11.1 Å². The lowest BCUT2D eigenvalue weighted by molar-refractivity contribution is -0.131. The summed E-state index contributed by atoms with van der Waals surface area (Å²) in [5, 5.41) is 0. The van der Waals surface area contributed by atoms with Gasteiger partial charge in [-0.2, -0.15) is 0 Å². The van der Waals surface area contributed by atoms with Gasteiger partial charge in [0.05, 0.1) is 0 Å². The fraction of sp³-hybridized carbons (Fsp3) is 0.0870. The van der Waals surface area contributed by atoms with Crippen LogP contribution in [0.1, 0.15) is 33.4 Å². The molecule has 0 N–H and O–H groups in total. The van der Waals surface area contributed by atoms with E-state index in [-0.39, 0.29) is 22.7 Å². The third-order valence-electron chi connectivity index (χ3n) is 9.45. The lowest BCUT2D eigenvalue weighted by Gasteiger charge is -2.26. The second-order valence-electron chi connectivity index (χ2n) is 13.3. The summed E-state index contributed by atoms with van der Waals surface area (Å²) in [5.74, 6) is -0.822. The monoisotopic (exact) mass is 680 g/mol. The first-order valence-corrected chi connectivity index (χ1v) is 17.2. The summed E-state index contributed by atoms with van der Waals surface area (Å²) >= 11 is 0. The number of ether oxygens (including phenoxy) is 2. The molecule has 0 radical (unpaired) electrons. The van der Waals surface area contributed by atoms with Crippen molar-refractivity contribution < 1.29 is 19.1 Å². The summed E-state index contributed by atoms with van der Waals surface area (Å²) in [4.78, 5) is 31.1. The Balaban J connectivity index is 1.13. The van der Waals surface area contributed by atoms with Gasteiger partial charge in [-0.25, -0.2) is 9.59 Å². The number of fused-ring (bicyclic) bond motifs is 1. The normalized spacial score (nSPS) is 13.6. The molecular weight excluding hydrogens is 645 g/mol. The molecule has 0 spiro atoms. The number of carbonyl (C=O) groups is 2. The third-order valence-corrected chi connectivity index (χ3v) is 9.45. The number of aryl methyl sites for hydroxylation is 4. The van der Waals surface area contributed by atoms with Crippen molar-refractivity contribution in [3.63, 3.8) is 0 Å². The van der Waals surface area contributed by atoms with Gasteiger partial charge in [0.2, 0.25) is 0 Å². The number of anilines is 6. The van der Waals surface area contributed by atoms with Crippen molar-refractivity contribution in [1.29, 1.82) is 0 Å². The minimum Gasteiger partial charge on any atom is -0.421 e. The molecule has 6 nitrogen and oxygen atoms in total. The first-order chi connectivity index (χ1) is 25.2. The number of nitrogens with zero attached hydrogens (tertiary/aromatic N) is 2. The molecule has 0 saturated carbocycles. The Bertz CT molecular complexity index is 2110. The van der Waals surface area contributed by atoms with Gasteiger partial charge in [-0.1, -0.05) is 70.8 Å². The molecular formula is C46H36N2O4. The minimum absolute atomic E-state index is 0.145. The highest BCUT2D eigenvalue weighted by molar-refractivity contribution is 6.24. The zero-order chi connectivity index (χ0) is 35.9. The lowest BCUT2D eigenvalue weighted by Crippen LogP contribution is -2.10. The van der Waals surface area contributed by atoms with Crippen molar-refractivity contribution in [3.05, 3.63) is 190 Å². The SMILES string of the molecule is Cc1ccc(N(c2ccc(C)cc2)c2ccc(C3=C4C(=O)OC(c5ccc(N(c6ccc(C)cc6)c6ccc(C)cc6)cc5)=C4C(=O)O3)cc2)cc1. The first kappa shape index (κ1) is 32.5. The van der Waals surface area contributed by atoms with Gasteiger partial charge in [-0.15, -0.1) is 0 Å². The Hall–Kier alpha value is -6.66. The predicted molar refractivity (Wildman–Crippen MR) is 207 cm³/mol. The van der Waals surface area contributed by atoms with Gasteiger partial charge >= 0.3 is 11.9 Å². The van der Waals surface area contributed by atoms with Crippen molar-refractivity contribution in [1.82, 2.24) is 0 Å². The summed E-state index contributed by atoms with van der Waals surface area (Å²) in [6.45, 7) is 8.26. The summed E-state index contributed by atoms with van der Waals surface area (Å²) < 4.78 is 11.6. The Morgan fingerprint density at radius 1 is 0.327 bits per heavy atom. The number of rotatable bonds is 8. The zero-order valence-electron chi connectivity index (χ0n) is 29.4.